The minimum atomic E-state index is -0.179. The number of amides is 1. The van der Waals surface area contributed by atoms with Gasteiger partial charge in [-0.05, 0) is 46.7 Å². The SMILES string of the molecule is CC(C)C(C(=O)NCCOc1cccc(C(C)(C)C)c1)c1ccncc1. The van der Waals surface area contributed by atoms with Crippen molar-refractivity contribution in [2.75, 3.05) is 13.2 Å². The predicted molar refractivity (Wildman–Crippen MR) is 105 cm³/mol. The zero-order valence-electron chi connectivity index (χ0n) is 16.5. The first-order chi connectivity index (χ1) is 12.3. The van der Waals surface area contributed by atoms with Crippen molar-refractivity contribution in [3.05, 3.63) is 59.9 Å². The van der Waals surface area contributed by atoms with Gasteiger partial charge in [-0.2, -0.15) is 0 Å². The Kier molecular flexibility index (Phi) is 6.78. The Labute approximate surface area is 157 Å². The third-order valence-corrected chi connectivity index (χ3v) is 4.38. The molecule has 0 aliphatic carbocycles. The van der Waals surface area contributed by atoms with Gasteiger partial charge in [0.2, 0.25) is 5.91 Å². The van der Waals surface area contributed by atoms with Crippen LogP contribution in [-0.4, -0.2) is 24.0 Å². The molecule has 0 radical (unpaired) electrons. The van der Waals surface area contributed by atoms with Crippen LogP contribution >= 0.6 is 0 Å². The second kappa shape index (κ2) is 8.84. The molecule has 0 saturated heterocycles. The fourth-order valence-corrected chi connectivity index (χ4v) is 2.92. The highest BCUT2D eigenvalue weighted by Crippen LogP contribution is 2.26. The number of pyridine rings is 1. The van der Waals surface area contributed by atoms with Gasteiger partial charge in [0.15, 0.2) is 0 Å². The summed E-state index contributed by atoms with van der Waals surface area (Å²) in [7, 11) is 0. The maximum Gasteiger partial charge on any atom is 0.227 e. The van der Waals surface area contributed by atoms with Crippen LogP contribution in [0.1, 0.15) is 51.7 Å². The number of ether oxygens (including phenoxy) is 1. The molecule has 0 bridgehead atoms. The van der Waals surface area contributed by atoms with Crippen molar-refractivity contribution in [2.45, 2.75) is 46.0 Å². The van der Waals surface area contributed by atoms with Crippen LogP contribution < -0.4 is 10.1 Å². The molecule has 1 N–H and O–H groups in total. The first kappa shape index (κ1) is 20.0. The van der Waals surface area contributed by atoms with E-state index < -0.39 is 0 Å². The van der Waals surface area contributed by atoms with E-state index in [4.69, 9.17) is 4.74 Å². The lowest BCUT2D eigenvalue weighted by Gasteiger charge is -2.21. The largest absolute Gasteiger partial charge is 0.492 e. The third kappa shape index (κ3) is 5.58. The van der Waals surface area contributed by atoms with Crippen LogP contribution in [0.2, 0.25) is 0 Å². The van der Waals surface area contributed by atoms with Crippen molar-refractivity contribution in [2.24, 2.45) is 5.92 Å². The second-order valence-corrected chi connectivity index (χ2v) is 7.92. The van der Waals surface area contributed by atoms with E-state index >= 15 is 0 Å². The molecule has 1 unspecified atom stereocenters. The number of nitrogens with one attached hydrogen (secondary N) is 1. The molecule has 0 fully saturated rings. The molecule has 0 aliphatic rings. The van der Waals surface area contributed by atoms with E-state index in [1.165, 1.54) is 5.56 Å². The summed E-state index contributed by atoms with van der Waals surface area (Å²) in [6.45, 7) is 11.6. The summed E-state index contributed by atoms with van der Waals surface area (Å²) in [6.07, 6.45) is 3.45. The molecule has 0 aliphatic heterocycles. The number of hydrogen-bond acceptors (Lipinski definition) is 3. The van der Waals surface area contributed by atoms with Crippen LogP contribution in [0.3, 0.4) is 0 Å². The topological polar surface area (TPSA) is 51.2 Å². The average Bonchev–Trinajstić information content (AvgIpc) is 2.59. The lowest BCUT2D eigenvalue weighted by atomic mass is 9.87. The van der Waals surface area contributed by atoms with Crippen LogP contribution in [0.4, 0.5) is 0 Å². The predicted octanol–water partition coefficient (Wildman–Crippen LogP) is 4.31. The Balaban J connectivity index is 1.88. The van der Waals surface area contributed by atoms with E-state index in [9.17, 15) is 4.79 Å². The lowest BCUT2D eigenvalue weighted by molar-refractivity contribution is -0.123. The number of aromatic nitrogens is 1. The average molecular weight is 354 g/mol. The van der Waals surface area contributed by atoms with Gasteiger partial charge in [0.25, 0.3) is 0 Å². The van der Waals surface area contributed by atoms with Gasteiger partial charge in [-0.3, -0.25) is 9.78 Å². The van der Waals surface area contributed by atoms with Crippen LogP contribution in [0, 0.1) is 5.92 Å². The zero-order valence-corrected chi connectivity index (χ0v) is 16.5. The standard InChI is InChI=1S/C22H30N2O2/c1-16(2)20(17-9-11-23-12-10-17)21(25)24-13-14-26-19-8-6-7-18(15-19)22(3,4)5/h6-12,15-16,20H,13-14H2,1-5H3,(H,24,25). The number of carbonyl (C=O) groups is 1. The van der Waals surface area contributed by atoms with E-state index in [2.05, 4.69) is 57.1 Å². The molecule has 26 heavy (non-hydrogen) atoms. The number of rotatable bonds is 7. The van der Waals surface area contributed by atoms with Crippen LogP contribution in [-0.2, 0) is 10.2 Å². The maximum absolute atomic E-state index is 12.6. The van der Waals surface area contributed by atoms with E-state index in [1.54, 1.807) is 12.4 Å². The first-order valence-electron chi connectivity index (χ1n) is 9.20. The molecule has 4 heteroatoms. The minimum absolute atomic E-state index is 0.0262. The van der Waals surface area contributed by atoms with E-state index in [-0.39, 0.29) is 23.2 Å². The molecule has 1 atom stereocenters. The van der Waals surface area contributed by atoms with E-state index in [0.717, 1.165) is 11.3 Å². The normalized spacial score (nSPS) is 12.7. The van der Waals surface area contributed by atoms with Crippen molar-refractivity contribution < 1.29 is 9.53 Å². The Morgan fingerprint density at radius 3 is 2.46 bits per heavy atom. The number of hydrogen-bond donors (Lipinski definition) is 1. The molecule has 2 aromatic rings. The molecular weight excluding hydrogens is 324 g/mol. The van der Waals surface area contributed by atoms with Gasteiger partial charge in [0.05, 0.1) is 12.5 Å². The van der Waals surface area contributed by atoms with Crippen molar-refractivity contribution in [1.29, 1.82) is 0 Å². The highest BCUT2D eigenvalue weighted by molar-refractivity contribution is 5.83. The van der Waals surface area contributed by atoms with E-state index in [1.807, 2.05) is 24.3 Å². The molecule has 0 spiro atoms. The van der Waals surface area contributed by atoms with Crippen LogP contribution in [0.5, 0.6) is 5.75 Å². The molecule has 4 nitrogen and oxygen atoms in total. The van der Waals surface area contributed by atoms with Gasteiger partial charge < -0.3 is 10.1 Å². The molecule has 1 aromatic heterocycles. The van der Waals surface area contributed by atoms with Crippen molar-refractivity contribution >= 4 is 5.91 Å². The molecular formula is C22H30N2O2. The summed E-state index contributed by atoms with van der Waals surface area (Å²) >= 11 is 0. The van der Waals surface area contributed by atoms with Crippen molar-refractivity contribution in [1.82, 2.24) is 10.3 Å². The van der Waals surface area contributed by atoms with Crippen LogP contribution in [0.15, 0.2) is 48.8 Å². The fraction of sp³-hybridized carbons (Fsp3) is 0.455. The van der Waals surface area contributed by atoms with Crippen molar-refractivity contribution in [3.8, 4) is 5.75 Å². The minimum Gasteiger partial charge on any atom is -0.492 e. The van der Waals surface area contributed by atoms with Gasteiger partial charge in [0.1, 0.15) is 12.4 Å². The van der Waals surface area contributed by atoms with Gasteiger partial charge in [-0.25, -0.2) is 0 Å². The monoisotopic (exact) mass is 354 g/mol. The molecule has 1 amide bonds. The summed E-state index contributed by atoms with van der Waals surface area (Å²) in [4.78, 5) is 16.6. The number of benzene rings is 1. The Bertz CT molecular complexity index is 706. The Morgan fingerprint density at radius 1 is 1.15 bits per heavy atom. The summed E-state index contributed by atoms with van der Waals surface area (Å²) in [6, 6.07) is 11.9. The molecule has 140 valence electrons. The summed E-state index contributed by atoms with van der Waals surface area (Å²) in [5.41, 5.74) is 2.31. The molecule has 1 aromatic carbocycles. The smallest absolute Gasteiger partial charge is 0.227 e. The maximum atomic E-state index is 12.6. The van der Waals surface area contributed by atoms with Gasteiger partial charge in [-0.1, -0.05) is 46.8 Å². The second-order valence-electron chi connectivity index (χ2n) is 7.92. The highest BCUT2D eigenvalue weighted by Gasteiger charge is 2.23. The summed E-state index contributed by atoms with van der Waals surface area (Å²) in [5.74, 6) is 0.892. The summed E-state index contributed by atoms with van der Waals surface area (Å²) < 4.78 is 5.81. The quantitative estimate of drug-likeness (QED) is 0.754. The van der Waals surface area contributed by atoms with Crippen molar-refractivity contribution in [3.63, 3.8) is 0 Å². The summed E-state index contributed by atoms with van der Waals surface area (Å²) in [5, 5.41) is 2.99. The zero-order chi connectivity index (χ0) is 19.2. The van der Waals surface area contributed by atoms with Gasteiger partial charge >= 0.3 is 0 Å². The molecule has 1 heterocycles. The van der Waals surface area contributed by atoms with E-state index in [0.29, 0.717) is 13.2 Å². The molecule has 0 saturated carbocycles. The fourth-order valence-electron chi connectivity index (χ4n) is 2.92. The Hall–Kier alpha value is -2.36. The van der Waals surface area contributed by atoms with Gasteiger partial charge in [-0.15, -0.1) is 0 Å². The molecule has 2 rings (SSSR count). The third-order valence-electron chi connectivity index (χ3n) is 4.38. The highest BCUT2D eigenvalue weighted by atomic mass is 16.5. The van der Waals surface area contributed by atoms with Gasteiger partial charge in [0, 0.05) is 12.4 Å². The number of carbonyl (C=O) groups excluding carboxylic acids is 1. The number of nitrogens with zero attached hydrogens (tertiary/aromatic N) is 1. The Morgan fingerprint density at radius 2 is 1.85 bits per heavy atom. The first-order valence-corrected chi connectivity index (χ1v) is 9.20. The lowest BCUT2D eigenvalue weighted by Crippen LogP contribution is -2.34. The van der Waals surface area contributed by atoms with Crippen LogP contribution in [0.25, 0.3) is 0 Å².